The number of hydrogen-bond donors (Lipinski definition) is 1. The normalized spacial score (nSPS) is 11.5. The lowest BCUT2D eigenvalue weighted by atomic mass is 10.2. The highest BCUT2D eigenvalue weighted by Crippen LogP contribution is 2.32. The van der Waals surface area contributed by atoms with E-state index in [0.29, 0.717) is 5.01 Å². The maximum Gasteiger partial charge on any atom is 0.265 e. The summed E-state index contributed by atoms with van der Waals surface area (Å²) in [6, 6.07) is 3.08. The fourth-order valence-electron chi connectivity index (χ4n) is 2.89. The van der Waals surface area contributed by atoms with Gasteiger partial charge < -0.3 is 5.73 Å². The zero-order valence-corrected chi connectivity index (χ0v) is 15.8. The van der Waals surface area contributed by atoms with Crippen LogP contribution in [0.3, 0.4) is 0 Å². The molecule has 0 aliphatic carbocycles. The maximum atomic E-state index is 13.5. The number of nitrogens with two attached hydrogens (primary N) is 1. The van der Waals surface area contributed by atoms with Crippen LogP contribution in [0.4, 0.5) is 8.78 Å². The first kappa shape index (κ1) is 18.4. The van der Waals surface area contributed by atoms with Crippen molar-refractivity contribution in [2.45, 2.75) is 13.3 Å². The Labute approximate surface area is 165 Å². The monoisotopic (exact) mass is 420 g/mol. The summed E-state index contributed by atoms with van der Waals surface area (Å²) in [6.45, 7) is 1.58. The van der Waals surface area contributed by atoms with Crippen LogP contribution >= 0.6 is 22.9 Å². The molecule has 11 heteroatoms. The molecule has 0 aliphatic rings. The van der Waals surface area contributed by atoms with Crippen molar-refractivity contribution in [2.75, 3.05) is 0 Å². The summed E-state index contributed by atoms with van der Waals surface area (Å²) in [5.41, 5.74) is 5.81. The average molecular weight is 421 g/mol. The summed E-state index contributed by atoms with van der Waals surface area (Å²) in [5.74, 6) is -0.532. The summed E-state index contributed by atoms with van der Waals surface area (Å²) in [4.78, 5) is 29.0. The lowest BCUT2D eigenvalue weighted by molar-refractivity contribution is 0.0999. The molecule has 0 bridgehead atoms. The number of aromatic nitrogens is 5. The highest BCUT2D eigenvalue weighted by molar-refractivity contribution is 7.13. The fraction of sp³-hybridized carbons (Fsp3) is 0.118. The Morgan fingerprint density at radius 2 is 2.11 bits per heavy atom. The number of fused-ring (bicyclic) bond motifs is 1. The van der Waals surface area contributed by atoms with Crippen LogP contribution in [0.2, 0.25) is 5.15 Å². The molecule has 0 fully saturated rings. The molecule has 0 atom stereocenters. The lowest BCUT2D eigenvalue weighted by Crippen LogP contribution is -2.19. The molecule has 28 heavy (non-hydrogen) atoms. The molecule has 0 radical (unpaired) electrons. The number of halogens is 3. The minimum atomic E-state index is -2.73. The van der Waals surface area contributed by atoms with Crippen molar-refractivity contribution in [3.8, 4) is 16.6 Å². The van der Waals surface area contributed by atoms with Crippen LogP contribution in [0.5, 0.6) is 0 Å². The van der Waals surface area contributed by atoms with Crippen LogP contribution in [0, 0.1) is 6.92 Å². The summed E-state index contributed by atoms with van der Waals surface area (Å²) < 4.78 is 28.4. The summed E-state index contributed by atoms with van der Waals surface area (Å²) in [6.07, 6.45) is -0.0620. The van der Waals surface area contributed by atoms with Gasteiger partial charge in [-0.15, -0.1) is 11.3 Å². The molecule has 2 N–H and O–H groups in total. The number of carbonyl (C=O) groups excluding carboxylic acids is 1. The molecule has 0 aromatic carbocycles. The minimum Gasteiger partial charge on any atom is -0.365 e. The largest absolute Gasteiger partial charge is 0.365 e. The third kappa shape index (κ3) is 3.00. The molecule has 0 unspecified atom stereocenters. The van der Waals surface area contributed by atoms with E-state index in [4.69, 9.17) is 17.3 Å². The van der Waals surface area contributed by atoms with Gasteiger partial charge >= 0.3 is 0 Å². The number of aryl methyl sites for hydroxylation is 1. The van der Waals surface area contributed by atoms with Gasteiger partial charge in [0.25, 0.3) is 12.3 Å². The predicted octanol–water partition coefficient (Wildman–Crippen LogP) is 3.94. The van der Waals surface area contributed by atoms with Crippen LogP contribution in [0.1, 0.15) is 28.0 Å². The first-order valence-corrected chi connectivity index (χ1v) is 9.17. The van der Waals surface area contributed by atoms with E-state index in [9.17, 15) is 13.6 Å². The lowest BCUT2D eigenvalue weighted by Gasteiger charge is -2.11. The second-order valence-corrected chi connectivity index (χ2v) is 7.05. The van der Waals surface area contributed by atoms with Crippen molar-refractivity contribution in [1.82, 2.24) is 24.5 Å². The molecule has 142 valence electrons. The topological polar surface area (TPSA) is 99.6 Å². The number of pyridine rings is 1. The average Bonchev–Trinajstić information content (AvgIpc) is 3.24. The Hall–Kier alpha value is -2.98. The first-order chi connectivity index (χ1) is 13.4. The van der Waals surface area contributed by atoms with Crippen molar-refractivity contribution < 1.29 is 13.6 Å². The van der Waals surface area contributed by atoms with Crippen LogP contribution in [0.15, 0.2) is 29.9 Å². The Kier molecular flexibility index (Phi) is 4.52. The predicted molar refractivity (Wildman–Crippen MR) is 101 cm³/mol. The number of carbonyl (C=O) groups is 1. The van der Waals surface area contributed by atoms with Crippen LogP contribution in [-0.2, 0) is 0 Å². The van der Waals surface area contributed by atoms with Gasteiger partial charge in [0.15, 0.2) is 16.6 Å². The van der Waals surface area contributed by atoms with Crippen molar-refractivity contribution in [3.05, 3.63) is 51.9 Å². The highest BCUT2D eigenvalue weighted by Gasteiger charge is 2.24. The number of hydrogen-bond acceptors (Lipinski definition) is 6. The van der Waals surface area contributed by atoms with Gasteiger partial charge in [0.2, 0.25) is 0 Å². The standard InChI is InChI=1S/C17H11ClF2N6OS/c1-7-11(13(21)27)16(25-14(23-7)17-24-10(18)6-28-17)26-5-9(12(19)20)8-3-2-4-22-15(8)26/h2-6,12H,1H3,(H2,21,27). The number of primary amides is 1. The molecule has 0 spiro atoms. The first-order valence-electron chi connectivity index (χ1n) is 7.91. The van der Waals surface area contributed by atoms with E-state index in [0.717, 1.165) is 0 Å². The number of rotatable bonds is 4. The van der Waals surface area contributed by atoms with E-state index < -0.39 is 12.3 Å². The van der Waals surface area contributed by atoms with Gasteiger partial charge in [-0.25, -0.2) is 28.7 Å². The van der Waals surface area contributed by atoms with Crippen molar-refractivity contribution in [1.29, 1.82) is 0 Å². The van der Waals surface area contributed by atoms with Crippen LogP contribution < -0.4 is 5.73 Å². The molecule has 4 aromatic heterocycles. The second-order valence-electron chi connectivity index (χ2n) is 5.80. The molecule has 4 aromatic rings. The number of nitrogens with zero attached hydrogens (tertiary/aromatic N) is 5. The quantitative estimate of drug-likeness (QED) is 0.539. The van der Waals surface area contributed by atoms with Crippen molar-refractivity contribution >= 4 is 39.9 Å². The highest BCUT2D eigenvalue weighted by atomic mass is 35.5. The molecule has 0 aliphatic heterocycles. The fourth-order valence-corrected chi connectivity index (χ4v) is 3.77. The molecule has 4 rings (SSSR count). The minimum absolute atomic E-state index is 0.00905. The molecule has 7 nitrogen and oxygen atoms in total. The smallest absolute Gasteiger partial charge is 0.265 e. The van der Waals surface area contributed by atoms with Gasteiger partial charge in [0.1, 0.15) is 16.4 Å². The summed E-state index contributed by atoms with van der Waals surface area (Å²) in [7, 11) is 0. The molecular weight excluding hydrogens is 410 g/mol. The maximum absolute atomic E-state index is 13.5. The third-order valence-corrected chi connectivity index (χ3v) is 5.20. The SMILES string of the molecule is Cc1nc(-c2nc(Cl)cs2)nc(-n2cc(C(F)F)c3cccnc32)c1C(N)=O. The second kappa shape index (κ2) is 6.88. The Morgan fingerprint density at radius 3 is 2.75 bits per heavy atom. The number of amides is 1. The Bertz CT molecular complexity index is 1220. The van der Waals surface area contributed by atoms with E-state index in [1.807, 2.05) is 0 Å². The van der Waals surface area contributed by atoms with E-state index in [-0.39, 0.29) is 44.6 Å². The zero-order chi connectivity index (χ0) is 20.0. The van der Waals surface area contributed by atoms with Gasteiger partial charge in [0.05, 0.1) is 5.69 Å². The van der Waals surface area contributed by atoms with Crippen molar-refractivity contribution in [3.63, 3.8) is 0 Å². The Morgan fingerprint density at radius 1 is 1.32 bits per heavy atom. The molecule has 0 saturated carbocycles. The van der Waals surface area contributed by atoms with Gasteiger partial charge in [0, 0.05) is 28.7 Å². The third-order valence-electron chi connectivity index (χ3n) is 4.04. The van der Waals surface area contributed by atoms with E-state index in [1.54, 1.807) is 18.4 Å². The summed E-state index contributed by atoms with van der Waals surface area (Å²) in [5, 5.41) is 2.56. The molecule has 4 heterocycles. The van der Waals surface area contributed by atoms with Gasteiger partial charge in [-0.2, -0.15) is 0 Å². The van der Waals surface area contributed by atoms with Gasteiger partial charge in [-0.1, -0.05) is 11.6 Å². The van der Waals surface area contributed by atoms with Gasteiger partial charge in [-0.05, 0) is 19.1 Å². The number of thiazole rings is 1. The molecule has 1 amide bonds. The van der Waals surface area contributed by atoms with Gasteiger partial charge in [-0.3, -0.25) is 9.36 Å². The zero-order valence-electron chi connectivity index (χ0n) is 14.2. The Balaban J connectivity index is 2.05. The van der Waals surface area contributed by atoms with Crippen LogP contribution in [0.25, 0.3) is 27.7 Å². The number of alkyl halides is 2. The summed E-state index contributed by atoms with van der Waals surface area (Å²) >= 11 is 7.09. The molecule has 0 saturated heterocycles. The van der Waals surface area contributed by atoms with E-state index >= 15 is 0 Å². The van der Waals surface area contributed by atoms with E-state index in [2.05, 4.69) is 19.9 Å². The van der Waals surface area contributed by atoms with E-state index in [1.165, 1.54) is 34.4 Å². The van der Waals surface area contributed by atoms with Crippen molar-refractivity contribution in [2.24, 2.45) is 5.73 Å². The molecular formula is C17H11ClF2N6OS. The van der Waals surface area contributed by atoms with Crippen LogP contribution in [-0.4, -0.2) is 30.4 Å².